The summed E-state index contributed by atoms with van der Waals surface area (Å²) in [5.74, 6) is -0.640. The molecule has 74 valence electrons. The molecule has 0 bridgehead atoms. The number of benzene rings is 1. The lowest BCUT2D eigenvalue weighted by Crippen LogP contribution is -1.99. The predicted molar refractivity (Wildman–Crippen MR) is 50.5 cm³/mol. The molecule has 0 aromatic heterocycles. The van der Waals surface area contributed by atoms with Gasteiger partial charge in [-0.15, -0.1) is 0 Å². The van der Waals surface area contributed by atoms with Crippen LogP contribution in [0.2, 0.25) is 5.02 Å². The number of carbonyl (C=O) groups is 1. The van der Waals surface area contributed by atoms with E-state index in [1.54, 1.807) is 0 Å². The number of carbonyl (C=O) groups excluding carboxylic acids is 1. The number of ketones is 1. The molecule has 0 amide bonds. The Hall–Kier alpha value is -1.09. The zero-order chi connectivity index (χ0) is 10.1. The van der Waals surface area contributed by atoms with Crippen molar-refractivity contribution in [2.75, 3.05) is 6.61 Å². The third kappa shape index (κ3) is 1.60. The van der Waals surface area contributed by atoms with Crippen molar-refractivity contribution in [1.29, 1.82) is 0 Å². The van der Waals surface area contributed by atoms with Crippen molar-refractivity contribution < 1.29 is 13.9 Å². The van der Waals surface area contributed by atoms with E-state index < -0.39 is 5.82 Å². The first-order valence-corrected chi connectivity index (χ1v) is 4.71. The van der Waals surface area contributed by atoms with Gasteiger partial charge in [-0.2, -0.15) is 0 Å². The third-order valence-electron chi connectivity index (χ3n) is 2.10. The topological polar surface area (TPSA) is 26.3 Å². The Kier molecular flexibility index (Phi) is 2.42. The quantitative estimate of drug-likeness (QED) is 0.664. The SMILES string of the molecule is O=C1CCCOc2c(F)cc(Cl)cc21. The summed E-state index contributed by atoms with van der Waals surface area (Å²) in [7, 11) is 0. The molecule has 0 radical (unpaired) electrons. The molecule has 14 heavy (non-hydrogen) atoms. The Bertz CT molecular complexity index is 390. The van der Waals surface area contributed by atoms with E-state index in [1.807, 2.05) is 0 Å². The van der Waals surface area contributed by atoms with Gasteiger partial charge in [0.25, 0.3) is 0 Å². The number of hydrogen-bond acceptors (Lipinski definition) is 2. The number of ether oxygens (including phenoxy) is 1. The van der Waals surface area contributed by atoms with Crippen LogP contribution in [-0.4, -0.2) is 12.4 Å². The smallest absolute Gasteiger partial charge is 0.167 e. The summed E-state index contributed by atoms with van der Waals surface area (Å²) >= 11 is 5.65. The minimum atomic E-state index is -0.567. The standard InChI is InChI=1S/C10H8ClFO2/c11-6-4-7-9(13)2-1-3-14-10(7)8(12)5-6/h4-5H,1-3H2. The lowest BCUT2D eigenvalue weighted by Gasteiger charge is -2.07. The van der Waals surface area contributed by atoms with Gasteiger partial charge in [-0.25, -0.2) is 4.39 Å². The average Bonchev–Trinajstić information content (AvgIpc) is 2.29. The summed E-state index contributed by atoms with van der Waals surface area (Å²) < 4.78 is 18.5. The number of fused-ring (bicyclic) bond motifs is 1. The Morgan fingerprint density at radius 3 is 3.00 bits per heavy atom. The van der Waals surface area contributed by atoms with Crippen molar-refractivity contribution >= 4 is 17.4 Å². The number of rotatable bonds is 0. The third-order valence-corrected chi connectivity index (χ3v) is 2.32. The number of hydrogen-bond donors (Lipinski definition) is 0. The second kappa shape index (κ2) is 3.58. The largest absolute Gasteiger partial charge is 0.490 e. The van der Waals surface area contributed by atoms with Gasteiger partial charge in [0.05, 0.1) is 12.2 Å². The highest BCUT2D eigenvalue weighted by Gasteiger charge is 2.20. The summed E-state index contributed by atoms with van der Waals surface area (Å²) in [5, 5.41) is 0.222. The van der Waals surface area contributed by atoms with Crippen LogP contribution in [0.15, 0.2) is 12.1 Å². The Morgan fingerprint density at radius 2 is 2.21 bits per heavy atom. The fraction of sp³-hybridized carbons (Fsp3) is 0.300. The van der Waals surface area contributed by atoms with Gasteiger partial charge in [0.15, 0.2) is 17.3 Å². The molecule has 0 unspecified atom stereocenters. The van der Waals surface area contributed by atoms with Crippen LogP contribution < -0.4 is 4.74 Å². The Labute approximate surface area is 85.6 Å². The summed E-state index contributed by atoms with van der Waals surface area (Å²) in [6.45, 7) is 0.372. The molecular weight excluding hydrogens is 207 g/mol. The maximum atomic E-state index is 13.3. The van der Waals surface area contributed by atoms with E-state index in [2.05, 4.69) is 0 Å². The number of halogens is 2. The molecule has 0 fully saturated rings. The molecule has 2 rings (SSSR count). The molecule has 0 atom stereocenters. The molecule has 1 aliphatic heterocycles. The highest BCUT2D eigenvalue weighted by molar-refractivity contribution is 6.31. The Morgan fingerprint density at radius 1 is 1.43 bits per heavy atom. The van der Waals surface area contributed by atoms with E-state index in [-0.39, 0.29) is 22.1 Å². The lowest BCUT2D eigenvalue weighted by molar-refractivity contribution is 0.0983. The van der Waals surface area contributed by atoms with Crippen LogP contribution in [0.25, 0.3) is 0 Å². The van der Waals surface area contributed by atoms with Gasteiger partial charge in [0.1, 0.15) is 0 Å². The minimum absolute atomic E-state index is 0.0388. The van der Waals surface area contributed by atoms with Crippen LogP contribution in [0.3, 0.4) is 0 Å². The molecule has 0 aliphatic carbocycles. The normalized spacial score (nSPS) is 15.7. The van der Waals surface area contributed by atoms with Gasteiger partial charge in [-0.1, -0.05) is 11.6 Å². The molecule has 1 heterocycles. The lowest BCUT2D eigenvalue weighted by atomic mass is 10.1. The van der Waals surface area contributed by atoms with Crippen molar-refractivity contribution in [2.45, 2.75) is 12.8 Å². The maximum absolute atomic E-state index is 13.3. The van der Waals surface area contributed by atoms with Crippen molar-refractivity contribution in [3.63, 3.8) is 0 Å². The Balaban J connectivity index is 2.58. The minimum Gasteiger partial charge on any atom is -0.490 e. The van der Waals surface area contributed by atoms with E-state index in [9.17, 15) is 9.18 Å². The molecule has 1 aliphatic rings. The fourth-order valence-electron chi connectivity index (χ4n) is 1.46. The number of Topliss-reactive ketones (excluding diaryl/α,β-unsaturated/α-hetero) is 1. The van der Waals surface area contributed by atoms with Gasteiger partial charge in [-0.05, 0) is 18.6 Å². The molecule has 1 aromatic rings. The van der Waals surface area contributed by atoms with E-state index in [1.165, 1.54) is 6.07 Å². The zero-order valence-corrected chi connectivity index (χ0v) is 8.10. The monoisotopic (exact) mass is 214 g/mol. The van der Waals surface area contributed by atoms with Gasteiger partial charge < -0.3 is 4.74 Å². The molecule has 4 heteroatoms. The van der Waals surface area contributed by atoms with Crippen molar-refractivity contribution in [1.82, 2.24) is 0 Å². The van der Waals surface area contributed by atoms with Gasteiger partial charge in [0, 0.05) is 11.4 Å². The van der Waals surface area contributed by atoms with Crippen molar-refractivity contribution in [3.8, 4) is 5.75 Å². The van der Waals surface area contributed by atoms with Crippen LogP contribution in [0.4, 0.5) is 4.39 Å². The van der Waals surface area contributed by atoms with Crippen LogP contribution in [0.1, 0.15) is 23.2 Å². The molecule has 2 nitrogen and oxygen atoms in total. The molecule has 0 spiro atoms. The highest BCUT2D eigenvalue weighted by atomic mass is 35.5. The molecule has 0 saturated carbocycles. The molecular formula is C10H8ClFO2. The van der Waals surface area contributed by atoms with Crippen molar-refractivity contribution in [2.24, 2.45) is 0 Å². The van der Waals surface area contributed by atoms with Crippen LogP contribution >= 0.6 is 11.6 Å². The summed E-state index contributed by atoms with van der Waals surface area (Å²) in [5.41, 5.74) is 0.257. The second-order valence-corrected chi connectivity index (χ2v) is 3.58. The first-order valence-electron chi connectivity index (χ1n) is 4.33. The fourth-order valence-corrected chi connectivity index (χ4v) is 1.66. The average molecular weight is 215 g/mol. The first kappa shape index (κ1) is 9.46. The molecule has 0 N–H and O–H groups in total. The van der Waals surface area contributed by atoms with Crippen LogP contribution in [0, 0.1) is 5.82 Å². The maximum Gasteiger partial charge on any atom is 0.167 e. The van der Waals surface area contributed by atoms with E-state index >= 15 is 0 Å². The van der Waals surface area contributed by atoms with Gasteiger partial charge in [-0.3, -0.25) is 4.79 Å². The van der Waals surface area contributed by atoms with Crippen molar-refractivity contribution in [3.05, 3.63) is 28.5 Å². The van der Waals surface area contributed by atoms with Crippen LogP contribution in [-0.2, 0) is 0 Å². The second-order valence-electron chi connectivity index (χ2n) is 3.14. The van der Waals surface area contributed by atoms with Crippen LogP contribution in [0.5, 0.6) is 5.75 Å². The predicted octanol–water partition coefficient (Wildman–Crippen LogP) is 2.83. The van der Waals surface area contributed by atoms with Gasteiger partial charge in [0.2, 0.25) is 0 Å². The summed E-state index contributed by atoms with van der Waals surface area (Å²) in [4.78, 5) is 11.5. The van der Waals surface area contributed by atoms with E-state index in [4.69, 9.17) is 16.3 Å². The summed E-state index contributed by atoms with van der Waals surface area (Å²) in [6, 6.07) is 2.60. The van der Waals surface area contributed by atoms with Gasteiger partial charge >= 0.3 is 0 Å². The van der Waals surface area contributed by atoms with E-state index in [0.29, 0.717) is 19.4 Å². The highest BCUT2D eigenvalue weighted by Crippen LogP contribution is 2.30. The van der Waals surface area contributed by atoms with E-state index in [0.717, 1.165) is 6.07 Å². The first-order chi connectivity index (χ1) is 6.68. The summed E-state index contributed by atoms with van der Waals surface area (Å²) in [6.07, 6.45) is 0.997. The molecule has 1 aromatic carbocycles. The molecule has 0 saturated heterocycles. The zero-order valence-electron chi connectivity index (χ0n) is 7.35.